The second kappa shape index (κ2) is 7.42. The highest BCUT2D eigenvalue weighted by atomic mass is 35.5. The fourth-order valence-corrected chi connectivity index (χ4v) is 2.96. The molecule has 0 aliphatic rings. The maximum Gasteiger partial charge on any atom is 0.249 e. The van der Waals surface area contributed by atoms with Crippen LogP contribution in [-0.4, -0.2) is 10.2 Å². The van der Waals surface area contributed by atoms with Crippen LogP contribution in [0.1, 0.15) is 5.89 Å². The van der Waals surface area contributed by atoms with Crippen molar-refractivity contribution in [3.05, 3.63) is 89.8 Å². The van der Waals surface area contributed by atoms with Gasteiger partial charge in [0.1, 0.15) is 0 Å². The molecule has 4 nitrogen and oxygen atoms in total. The Balaban J connectivity index is 1.53. The largest absolute Gasteiger partial charge is 0.419 e. The molecule has 26 heavy (non-hydrogen) atoms. The number of rotatable bonds is 5. The van der Waals surface area contributed by atoms with E-state index in [1.807, 2.05) is 54.6 Å². The van der Waals surface area contributed by atoms with Crippen LogP contribution < -0.4 is 5.32 Å². The summed E-state index contributed by atoms with van der Waals surface area (Å²) in [6.45, 7) is 0.432. The van der Waals surface area contributed by atoms with Gasteiger partial charge in [-0.1, -0.05) is 72.3 Å². The zero-order chi connectivity index (χ0) is 17.8. The summed E-state index contributed by atoms with van der Waals surface area (Å²) in [6.07, 6.45) is 0. The molecule has 0 unspecified atom stereocenters. The van der Waals surface area contributed by atoms with E-state index >= 15 is 0 Å². The third kappa shape index (κ3) is 3.46. The van der Waals surface area contributed by atoms with E-state index in [0.29, 0.717) is 23.3 Å². The maximum atomic E-state index is 6.19. The van der Waals surface area contributed by atoms with Gasteiger partial charge in [0.05, 0.1) is 17.1 Å². The number of benzene rings is 3. The van der Waals surface area contributed by atoms with Crippen LogP contribution in [0.15, 0.2) is 83.3 Å². The van der Waals surface area contributed by atoms with Gasteiger partial charge >= 0.3 is 0 Å². The van der Waals surface area contributed by atoms with Gasteiger partial charge in [-0.15, -0.1) is 10.2 Å². The number of anilines is 1. The Morgan fingerprint density at radius 2 is 1.46 bits per heavy atom. The van der Waals surface area contributed by atoms with Crippen LogP contribution in [0.5, 0.6) is 0 Å². The van der Waals surface area contributed by atoms with E-state index < -0.39 is 0 Å². The molecule has 1 N–H and O–H groups in total. The van der Waals surface area contributed by atoms with Gasteiger partial charge in [-0.05, 0) is 23.8 Å². The van der Waals surface area contributed by atoms with Gasteiger partial charge in [0.2, 0.25) is 11.8 Å². The molecule has 128 valence electrons. The normalized spacial score (nSPS) is 10.7. The van der Waals surface area contributed by atoms with E-state index in [9.17, 15) is 0 Å². The summed E-state index contributed by atoms with van der Waals surface area (Å²) >= 11 is 6.19. The zero-order valence-corrected chi connectivity index (χ0v) is 14.6. The fourth-order valence-electron chi connectivity index (χ4n) is 2.75. The monoisotopic (exact) mass is 361 g/mol. The van der Waals surface area contributed by atoms with Crippen LogP contribution >= 0.6 is 11.6 Å². The summed E-state index contributed by atoms with van der Waals surface area (Å²) in [6, 6.07) is 25.8. The van der Waals surface area contributed by atoms with Gasteiger partial charge in [0.15, 0.2) is 0 Å². The van der Waals surface area contributed by atoms with E-state index in [1.54, 1.807) is 6.07 Å². The lowest BCUT2D eigenvalue weighted by Crippen LogP contribution is -2.01. The van der Waals surface area contributed by atoms with Crippen LogP contribution in [0.2, 0.25) is 5.02 Å². The summed E-state index contributed by atoms with van der Waals surface area (Å²) in [4.78, 5) is 0. The standard InChI is InChI=1S/C21H16ClN3O/c22-18-12-6-4-11-17(18)21-25-24-20(26-21)14-23-19-13-7-5-10-16(19)15-8-2-1-3-9-15/h1-13,23H,14H2. The fraction of sp³-hybridized carbons (Fsp3) is 0.0476. The van der Waals surface area contributed by atoms with Crippen molar-refractivity contribution < 1.29 is 4.42 Å². The molecule has 1 aromatic heterocycles. The first-order valence-corrected chi connectivity index (χ1v) is 8.64. The Morgan fingerprint density at radius 3 is 2.27 bits per heavy atom. The molecule has 0 aliphatic carbocycles. The van der Waals surface area contributed by atoms with Crippen LogP contribution in [0.3, 0.4) is 0 Å². The van der Waals surface area contributed by atoms with Crippen molar-refractivity contribution in [2.45, 2.75) is 6.54 Å². The van der Waals surface area contributed by atoms with Crippen LogP contribution in [-0.2, 0) is 6.54 Å². The van der Waals surface area contributed by atoms with E-state index in [0.717, 1.165) is 22.4 Å². The number of nitrogens with zero attached hydrogens (tertiary/aromatic N) is 2. The highest BCUT2D eigenvalue weighted by Gasteiger charge is 2.12. The summed E-state index contributed by atoms with van der Waals surface area (Å²) < 4.78 is 5.75. The molecular weight excluding hydrogens is 346 g/mol. The maximum absolute atomic E-state index is 6.19. The number of hydrogen-bond donors (Lipinski definition) is 1. The molecule has 0 bridgehead atoms. The topological polar surface area (TPSA) is 51.0 Å². The van der Waals surface area contributed by atoms with Gasteiger partial charge in [-0.2, -0.15) is 0 Å². The summed E-state index contributed by atoms with van der Waals surface area (Å²) in [7, 11) is 0. The molecule has 0 fully saturated rings. The number of nitrogens with one attached hydrogen (secondary N) is 1. The molecule has 0 radical (unpaired) electrons. The van der Waals surface area contributed by atoms with E-state index in [-0.39, 0.29) is 0 Å². The second-order valence-electron chi connectivity index (χ2n) is 5.75. The molecule has 4 rings (SSSR count). The molecular formula is C21H16ClN3O. The van der Waals surface area contributed by atoms with Crippen molar-refractivity contribution in [3.8, 4) is 22.6 Å². The molecule has 0 aliphatic heterocycles. The highest BCUT2D eigenvalue weighted by Crippen LogP contribution is 2.29. The van der Waals surface area contributed by atoms with Gasteiger partial charge in [0, 0.05) is 11.3 Å². The minimum atomic E-state index is 0.420. The van der Waals surface area contributed by atoms with Crippen molar-refractivity contribution in [2.24, 2.45) is 0 Å². The van der Waals surface area contributed by atoms with E-state index in [1.165, 1.54) is 0 Å². The minimum Gasteiger partial charge on any atom is -0.419 e. The predicted molar refractivity (Wildman–Crippen MR) is 104 cm³/mol. The van der Waals surface area contributed by atoms with Crippen molar-refractivity contribution in [1.29, 1.82) is 0 Å². The van der Waals surface area contributed by atoms with E-state index in [4.69, 9.17) is 16.0 Å². The Bertz CT molecular complexity index is 1010. The van der Waals surface area contributed by atoms with Crippen molar-refractivity contribution in [3.63, 3.8) is 0 Å². The first-order chi connectivity index (χ1) is 12.8. The molecule has 4 aromatic rings. The molecule has 1 heterocycles. The van der Waals surface area contributed by atoms with Gasteiger partial charge in [-0.3, -0.25) is 0 Å². The lowest BCUT2D eigenvalue weighted by molar-refractivity contribution is 0.515. The Hall–Kier alpha value is -3.11. The molecule has 0 saturated carbocycles. The zero-order valence-electron chi connectivity index (χ0n) is 13.9. The van der Waals surface area contributed by atoms with Crippen LogP contribution in [0.4, 0.5) is 5.69 Å². The number of hydrogen-bond acceptors (Lipinski definition) is 4. The third-order valence-corrected chi connectivity index (χ3v) is 4.34. The second-order valence-corrected chi connectivity index (χ2v) is 6.15. The molecule has 0 atom stereocenters. The number of halogens is 1. The molecule has 3 aromatic carbocycles. The first kappa shape index (κ1) is 16.4. The Labute approximate surface area is 156 Å². The van der Waals surface area contributed by atoms with Crippen molar-refractivity contribution in [2.75, 3.05) is 5.32 Å². The quantitative estimate of drug-likeness (QED) is 0.497. The van der Waals surface area contributed by atoms with Gasteiger partial charge in [-0.25, -0.2) is 0 Å². The predicted octanol–water partition coefficient (Wildman–Crippen LogP) is 5.67. The SMILES string of the molecule is Clc1ccccc1-c1nnc(CNc2ccccc2-c2ccccc2)o1. The third-order valence-electron chi connectivity index (χ3n) is 4.01. The summed E-state index contributed by atoms with van der Waals surface area (Å²) in [5.74, 6) is 0.923. The first-order valence-electron chi connectivity index (χ1n) is 8.27. The summed E-state index contributed by atoms with van der Waals surface area (Å²) in [5, 5.41) is 12.2. The average molecular weight is 362 g/mol. The lowest BCUT2D eigenvalue weighted by atomic mass is 10.0. The summed E-state index contributed by atoms with van der Waals surface area (Å²) in [5.41, 5.74) is 4.02. The van der Waals surface area contributed by atoms with Crippen molar-refractivity contribution in [1.82, 2.24) is 10.2 Å². The number of para-hydroxylation sites is 1. The average Bonchev–Trinajstić information content (AvgIpc) is 3.16. The molecule has 0 spiro atoms. The van der Waals surface area contributed by atoms with Crippen molar-refractivity contribution >= 4 is 17.3 Å². The highest BCUT2D eigenvalue weighted by molar-refractivity contribution is 6.33. The Morgan fingerprint density at radius 1 is 0.769 bits per heavy atom. The molecule has 0 amide bonds. The Kier molecular flexibility index (Phi) is 4.67. The smallest absolute Gasteiger partial charge is 0.249 e. The van der Waals surface area contributed by atoms with Crippen LogP contribution in [0, 0.1) is 0 Å². The van der Waals surface area contributed by atoms with Crippen LogP contribution in [0.25, 0.3) is 22.6 Å². The molecule has 5 heteroatoms. The lowest BCUT2D eigenvalue weighted by Gasteiger charge is -2.10. The van der Waals surface area contributed by atoms with Gasteiger partial charge < -0.3 is 9.73 Å². The molecule has 0 saturated heterocycles. The van der Waals surface area contributed by atoms with E-state index in [2.05, 4.69) is 33.7 Å². The number of aromatic nitrogens is 2. The minimum absolute atomic E-state index is 0.420. The van der Waals surface area contributed by atoms with Gasteiger partial charge in [0.25, 0.3) is 0 Å².